The van der Waals surface area contributed by atoms with Crippen molar-refractivity contribution < 1.29 is 4.52 Å². The van der Waals surface area contributed by atoms with Crippen LogP contribution in [-0.2, 0) is 12.8 Å². The smallest absolute Gasteiger partial charge is 0.147 e. The van der Waals surface area contributed by atoms with Gasteiger partial charge in [-0.15, -0.1) is 0 Å². The van der Waals surface area contributed by atoms with Crippen molar-refractivity contribution in [3.63, 3.8) is 0 Å². The number of rotatable bonds is 3. The van der Waals surface area contributed by atoms with Gasteiger partial charge in [0.25, 0.3) is 0 Å². The number of nitrogens with zero attached hydrogens (tertiary/aromatic N) is 1. The highest BCUT2D eigenvalue weighted by Gasteiger charge is 2.28. The first-order valence-corrected chi connectivity index (χ1v) is 8.18. The van der Waals surface area contributed by atoms with Crippen LogP contribution < -0.4 is 5.32 Å². The summed E-state index contributed by atoms with van der Waals surface area (Å²) in [5.74, 6) is 0.465. The summed E-state index contributed by atoms with van der Waals surface area (Å²) < 4.78 is 5.29. The zero-order valence-corrected chi connectivity index (χ0v) is 12.3. The molecule has 1 saturated carbocycles. The Morgan fingerprint density at radius 3 is 2.43 bits per heavy atom. The van der Waals surface area contributed by atoms with Crippen molar-refractivity contribution in [2.24, 2.45) is 0 Å². The molecule has 0 bridgehead atoms. The van der Waals surface area contributed by atoms with Gasteiger partial charge in [-0.3, -0.25) is 0 Å². The average Bonchev–Trinajstić information content (AvgIpc) is 3.14. The zero-order valence-electron chi connectivity index (χ0n) is 12.3. The van der Waals surface area contributed by atoms with E-state index in [1.165, 1.54) is 43.2 Å². The molecule has 2 aromatic rings. The molecule has 0 radical (unpaired) electrons. The van der Waals surface area contributed by atoms with Crippen molar-refractivity contribution >= 4 is 5.69 Å². The lowest BCUT2D eigenvalue weighted by molar-refractivity contribution is 0.405. The number of hydrogen-bond donors (Lipinski definition) is 1. The van der Waals surface area contributed by atoms with Crippen LogP contribution in [0.15, 0.2) is 35.1 Å². The average molecular weight is 282 g/mol. The van der Waals surface area contributed by atoms with E-state index in [2.05, 4.69) is 34.7 Å². The maximum Gasteiger partial charge on any atom is 0.147 e. The molecule has 4 rings (SSSR count). The molecule has 0 spiro atoms. The molecule has 0 aliphatic heterocycles. The first-order chi connectivity index (χ1) is 10.4. The van der Waals surface area contributed by atoms with E-state index in [0.717, 1.165) is 24.2 Å². The van der Waals surface area contributed by atoms with E-state index >= 15 is 0 Å². The summed E-state index contributed by atoms with van der Waals surface area (Å²) >= 11 is 0. The number of hydrogen-bond acceptors (Lipinski definition) is 3. The quantitative estimate of drug-likeness (QED) is 0.912. The minimum absolute atomic E-state index is 0.465. The van der Waals surface area contributed by atoms with Gasteiger partial charge in [0.1, 0.15) is 12.0 Å². The fourth-order valence-corrected chi connectivity index (χ4v) is 3.87. The molecule has 110 valence electrons. The van der Waals surface area contributed by atoms with E-state index in [0.29, 0.717) is 12.0 Å². The monoisotopic (exact) mass is 282 g/mol. The molecule has 0 amide bonds. The highest BCUT2D eigenvalue weighted by molar-refractivity contribution is 5.50. The molecule has 3 nitrogen and oxygen atoms in total. The molecule has 0 saturated heterocycles. The minimum atomic E-state index is 0.465. The molecule has 2 aliphatic rings. The number of nitrogens with one attached hydrogen (secondary N) is 1. The second-order valence-electron chi connectivity index (χ2n) is 6.47. The normalized spacial score (nSPS) is 19.6. The minimum Gasteiger partial charge on any atom is -0.378 e. The lowest BCUT2D eigenvalue weighted by Crippen LogP contribution is -2.23. The summed E-state index contributed by atoms with van der Waals surface area (Å²) in [7, 11) is 0. The Hall–Kier alpha value is -1.77. The van der Waals surface area contributed by atoms with Gasteiger partial charge in [0.05, 0.1) is 5.69 Å². The van der Waals surface area contributed by atoms with E-state index in [4.69, 9.17) is 4.52 Å². The molecule has 0 unspecified atom stereocenters. The first kappa shape index (κ1) is 12.9. The van der Waals surface area contributed by atoms with E-state index < -0.39 is 0 Å². The topological polar surface area (TPSA) is 38.1 Å². The van der Waals surface area contributed by atoms with Crippen LogP contribution in [0, 0.1) is 0 Å². The summed E-state index contributed by atoms with van der Waals surface area (Å²) in [6.45, 7) is 0. The summed E-state index contributed by atoms with van der Waals surface area (Å²) in [4.78, 5) is 0. The van der Waals surface area contributed by atoms with Crippen LogP contribution in [0.3, 0.4) is 0 Å². The Morgan fingerprint density at radius 1 is 1.00 bits per heavy atom. The van der Waals surface area contributed by atoms with Gasteiger partial charge < -0.3 is 9.84 Å². The van der Waals surface area contributed by atoms with E-state index in [1.54, 1.807) is 6.26 Å². The zero-order chi connectivity index (χ0) is 14.1. The van der Waals surface area contributed by atoms with Gasteiger partial charge in [0.2, 0.25) is 0 Å². The Bertz CT molecular complexity index is 588. The van der Waals surface area contributed by atoms with Gasteiger partial charge in [0, 0.05) is 12.0 Å². The van der Waals surface area contributed by atoms with E-state index in [9.17, 15) is 0 Å². The fraction of sp³-hybridized carbons (Fsp3) is 0.500. The number of benzene rings is 1. The Labute approximate surface area is 125 Å². The lowest BCUT2D eigenvalue weighted by Gasteiger charge is -2.23. The molecule has 0 atom stereocenters. The highest BCUT2D eigenvalue weighted by atomic mass is 16.5. The Kier molecular flexibility index (Phi) is 3.42. The van der Waals surface area contributed by atoms with Crippen LogP contribution in [-0.4, -0.2) is 11.2 Å². The second kappa shape index (κ2) is 5.55. The first-order valence-electron chi connectivity index (χ1n) is 8.18. The third kappa shape index (κ3) is 2.57. The van der Waals surface area contributed by atoms with Crippen LogP contribution in [0.1, 0.15) is 54.8 Å². The summed E-state index contributed by atoms with van der Waals surface area (Å²) in [6, 6.07) is 9.34. The Morgan fingerprint density at radius 2 is 1.71 bits per heavy atom. The summed E-state index contributed by atoms with van der Waals surface area (Å²) in [5.41, 5.74) is 5.18. The van der Waals surface area contributed by atoms with Crippen LogP contribution in [0.5, 0.6) is 0 Å². The number of fused-ring (bicyclic) bond motifs is 1. The van der Waals surface area contributed by atoms with Gasteiger partial charge in [-0.05, 0) is 36.8 Å². The van der Waals surface area contributed by atoms with Crippen molar-refractivity contribution in [2.45, 2.75) is 56.9 Å². The molecule has 1 aromatic carbocycles. The third-order valence-electron chi connectivity index (χ3n) is 5.00. The van der Waals surface area contributed by atoms with Gasteiger partial charge in [-0.2, -0.15) is 0 Å². The third-order valence-corrected chi connectivity index (χ3v) is 5.00. The highest BCUT2D eigenvalue weighted by Crippen LogP contribution is 2.37. The number of aromatic nitrogens is 1. The summed E-state index contributed by atoms with van der Waals surface area (Å²) in [6.07, 6.45) is 10.6. The van der Waals surface area contributed by atoms with Gasteiger partial charge in [-0.1, -0.05) is 48.7 Å². The molecule has 1 heterocycles. The van der Waals surface area contributed by atoms with Crippen molar-refractivity contribution in [2.75, 3.05) is 5.32 Å². The molecular formula is C18H22N2O. The maximum absolute atomic E-state index is 5.29. The second-order valence-corrected chi connectivity index (χ2v) is 6.47. The maximum atomic E-state index is 5.29. The molecule has 1 N–H and O–H groups in total. The molecule has 3 heteroatoms. The SMILES string of the molecule is c1ccc2c(c1)CC(c1nocc1NC1CCCCC1)C2. The molecule has 2 aliphatic carbocycles. The number of anilines is 1. The largest absolute Gasteiger partial charge is 0.378 e. The fourth-order valence-electron chi connectivity index (χ4n) is 3.87. The van der Waals surface area contributed by atoms with Crippen LogP contribution in [0.25, 0.3) is 0 Å². The predicted octanol–water partition coefficient (Wildman–Crippen LogP) is 4.30. The van der Waals surface area contributed by atoms with Gasteiger partial charge in [0.15, 0.2) is 0 Å². The lowest BCUT2D eigenvalue weighted by atomic mass is 9.94. The van der Waals surface area contributed by atoms with Crippen LogP contribution in [0.4, 0.5) is 5.69 Å². The standard InChI is InChI=1S/C18H22N2O/c1-2-8-16(9-3-1)19-17-12-21-20-18(17)15-10-13-6-4-5-7-14(13)11-15/h4-7,12,15-16,19H,1-3,8-11H2. The molecular weight excluding hydrogens is 260 g/mol. The molecule has 1 aromatic heterocycles. The van der Waals surface area contributed by atoms with Gasteiger partial charge in [-0.25, -0.2) is 0 Å². The Balaban J connectivity index is 1.51. The van der Waals surface area contributed by atoms with Crippen molar-refractivity contribution in [3.05, 3.63) is 47.3 Å². The van der Waals surface area contributed by atoms with Crippen molar-refractivity contribution in [3.8, 4) is 0 Å². The van der Waals surface area contributed by atoms with Crippen molar-refractivity contribution in [1.29, 1.82) is 0 Å². The summed E-state index contributed by atoms with van der Waals surface area (Å²) in [5, 5.41) is 7.99. The van der Waals surface area contributed by atoms with Crippen molar-refractivity contribution in [1.82, 2.24) is 5.16 Å². The van der Waals surface area contributed by atoms with Gasteiger partial charge >= 0.3 is 0 Å². The molecule has 21 heavy (non-hydrogen) atoms. The predicted molar refractivity (Wildman–Crippen MR) is 83.6 cm³/mol. The van der Waals surface area contributed by atoms with Crippen LogP contribution >= 0.6 is 0 Å². The van der Waals surface area contributed by atoms with E-state index in [1.807, 2.05) is 0 Å². The molecule has 1 fully saturated rings. The van der Waals surface area contributed by atoms with Crippen LogP contribution in [0.2, 0.25) is 0 Å². The van der Waals surface area contributed by atoms with E-state index in [-0.39, 0.29) is 0 Å².